The number of carboxylic acids is 1. The highest BCUT2D eigenvalue weighted by Gasteiger charge is 2.50. The second-order valence-corrected chi connectivity index (χ2v) is 13.1. The first-order chi connectivity index (χ1) is 21.3. The third-order valence-electron chi connectivity index (χ3n) is 9.79. The lowest BCUT2D eigenvalue weighted by atomic mass is 9.55. The van der Waals surface area contributed by atoms with Crippen molar-refractivity contribution in [3.63, 3.8) is 0 Å². The van der Waals surface area contributed by atoms with E-state index in [1.54, 1.807) is 19.1 Å². The van der Waals surface area contributed by atoms with Crippen LogP contribution in [-0.2, 0) is 27.2 Å². The van der Waals surface area contributed by atoms with E-state index in [1.807, 2.05) is 60.8 Å². The van der Waals surface area contributed by atoms with Gasteiger partial charge in [0, 0.05) is 29.6 Å². The van der Waals surface area contributed by atoms with Gasteiger partial charge in [-0.1, -0.05) is 66.8 Å². The molecule has 4 bridgehead atoms. The van der Waals surface area contributed by atoms with Crippen molar-refractivity contribution in [3.8, 4) is 0 Å². The topological polar surface area (TPSA) is 121 Å². The number of alkyl carbamates (subject to hydrolysis) is 1. The van der Waals surface area contributed by atoms with Crippen molar-refractivity contribution in [2.45, 2.75) is 69.6 Å². The number of allylic oxidation sites excluding steroid dienone is 2. The average Bonchev–Trinajstić information content (AvgIpc) is 3.39. The largest absolute Gasteiger partial charge is 0.478 e. The fourth-order valence-corrected chi connectivity index (χ4v) is 7.99. The fourth-order valence-electron chi connectivity index (χ4n) is 7.99. The van der Waals surface area contributed by atoms with Crippen molar-refractivity contribution in [3.05, 3.63) is 96.2 Å². The lowest BCUT2D eigenvalue weighted by Gasteiger charge is -2.53. The number of fused-ring (bicyclic) bond motifs is 1. The van der Waals surface area contributed by atoms with E-state index in [0.717, 1.165) is 65.6 Å². The first-order valence-electron chi connectivity index (χ1n) is 15.7. The number of carbonyl (C=O) groups is 3. The van der Waals surface area contributed by atoms with E-state index < -0.39 is 23.6 Å². The summed E-state index contributed by atoms with van der Waals surface area (Å²) in [6.45, 7) is 1.75. The maximum absolute atomic E-state index is 14.2. The number of aliphatic carboxylic acids is 1. The Morgan fingerprint density at radius 1 is 0.977 bits per heavy atom. The maximum atomic E-state index is 14.2. The zero-order chi connectivity index (χ0) is 30.7. The Morgan fingerprint density at radius 3 is 2.36 bits per heavy atom. The predicted molar refractivity (Wildman–Crippen MR) is 169 cm³/mol. The molecule has 2 amide bonds. The van der Waals surface area contributed by atoms with Gasteiger partial charge in [-0.3, -0.25) is 4.79 Å². The van der Waals surface area contributed by atoms with Crippen molar-refractivity contribution < 1.29 is 24.2 Å². The van der Waals surface area contributed by atoms with Gasteiger partial charge in [-0.15, -0.1) is 0 Å². The monoisotopic (exact) mass is 595 g/mol. The summed E-state index contributed by atoms with van der Waals surface area (Å²) in [5.41, 5.74) is 1.55. The number of aromatic amines is 1. The molecule has 8 nitrogen and oxygen atoms in total. The van der Waals surface area contributed by atoms with Crippen LogP contribution in [0.4, 0.5) is 4.79 Å². The molecule has 230 valence electrons. The van der Waals surface area contributed by atoms with E-state index in [1.165, 1.54) is 12.5 Å². The molecule has 0 saturated heterocycles. The highest BCUT2D eigenvalue weighted by molar-refractivity contribution is 5.92. The van der Waals surface area contributed by atoms with Gasteiger partial charge in [-0.2, -0.15) is 0 Å². The maximum Gasteiger partial charge on any atom is 0.408 e. The van der Waals surface area contributed by atoms with Crippen LogP contribution in [0.15, 0.2) is 85.1 Å². The first kappa shape index (κ1) is 29.7. The van der Waals surface area contributed by atoms with Gasteiger partial charge in [-0.05, 0) is 86.3 Å². The van der Waals surface area contributed by atoms with Crippen LogP contribution in [0.5, 0.6) is 0 Å². The molecule has 2 aromatic carbocycles. The van der Waals surface area contributed by atoms with E-state index in [4.69, 9.17) is 9.84 Å². The molecule has 0 unspecified atom stereocenters. The average molecular weight is 596 g/mol. The van der Waals surface area contributed by atoms with E-state index in [2.05, 4.69) is 15.6 Å². The number of hydrogen-bond acceptors (Lipinski definition) is 4. The lowest BCUT2D eigenvalue weighted by Crippen LogP contribution is -2.61. The van der Waals surface area contributed by atoms with Gasteiger partial charge in [-0.25, -0.2) is 9.59 Å². The van der Waals surface area contributed by atoms with Crippen molar-refractivity contribution in [2.24, 2.45) is 23.7 Å². The number of benzene rings is 2. The van der Waals surface area contributed by atoms with E-state index in [9.17, 15) is 14.4 Å². The molecule has 0 spiro atoms. The zero-order valence-electron chi connectivity index (χ0n) is 25.1. The molecule has 4 fully saturated rings. The summed E-state index contributed by atoms with van der Waals surface area (Å²) in [5.74, 6) is 0.940. The minimum absolute atomic E-state index is 0.0991. The summed E-state index contributed by atoms with van der Waals surface area (Å²) in [4.78, 5) is 42.1. The smallest absolute Gasteiger partial charge is 0.408 e. The predicted octanol–water partition coefficient (Wildman–Crippen LogP) is 5.94. The van der Waals surface area contributed by atoms with Gasteiger partial charge in [0.05, 0.1) is 6.04 Å². The summed E-state index contributed by atoms with van der Waals surface area (Å²) in [6.07, 6.45) is 13.7. The Bertz CT molecular complexity index is 1530. The Morgan fingerprint density at radius 2 is 1.66 bits per heavy atom. The van der Waals surface area contributed by atoms with Crippen LogP contribution in [0, 0.1) is 23.7 Å². The second kappa shape index (κ2) is 12.7. The molecule has 8 heteroatoms. The summed E-state index contributed by atoms with van der Waals surface area (Å²) in [6, 6.07) is 17.2. The SMILES string of the molecule is C[C@@](Cc1c[nH]c2ccccc12)(NC(=O)OC1C2CC3CC(C2)CC1C3)C(=O)N[C@@H](C=CC=CC(=O)O)Cc1ccccc1. The third-order valence-corrected chi connectivity index (χ3v) is 9.79. The highest BCUT2D eigenvalue weighted by atomic mass is 16.6. The van der Waals surface area contributed by atoms with Gasteiger partial charge >= 0.3 is 12.1 Å². The van der Waals surface area contributed by atoms with Gasteiger partial charge in [0.2, 0.25) is 5.91 Å². The second-order valence-electron chi connectivity index (χ2n) is 13.1. The van der Waals surface area contributed by atoms with Crippen molar-refractivity contribution in [2.75, 3.05) is 0 Å². The number of amides is 2. The summed E-state index contributed by atoms with van der Waals surface area (Å²) >= 11 is 0. The first-order valence-corrected chi connectivity index (χ1v) is 15.7. The number of aromatic nitrogens is 1. The molecule has 1 aromatic heterocycles. The number of hydrogen-bond donors (Lipinski definition) is 4. The summed E-state index contributed by atoms with van der Waals surface area (Å²) in [7, 11) is 0. The van der Waals surface area contributed by atoms with Crippen LogP contribution in [0.1, 0.15) is 50.2 Å². The van der Waals surface area contributed by atoms with Crippen LogP contribution in [0.25, 0.3) is 10.9 Å². The molecule has 44 heavy (non-hydrogen) atoms. The van der Waals surface area contributed by atoms with Crippen LogP contribution < -0.4 is 10.6 Å². The van der Waals surface area contributed by atoms with E-state index >= 15 is 0 Å². The van der Waals surface area contributed by atoms with Gasteiger partial charge in [0.15, 0.2) is 0 Å². The quantitative estimate of drug-likeness (QED) is 0.161. The number of H-pyrrole nitrogens is 1. The molecule has 4 aliphatic rings. The Balaban J connectivity index is 1.23. The minimum atomic E-state index is -1.33. The third kappa shape index (κ3) is 6.74. The summed E-state index contributed by atoms with van der Waals surface area (Å²) in [5, 5.41) is 16.1. The standard InChI is InChI=1S/C36H41N3O5/c1-36(21-28-22-37-31-13-7-6-12-30(28)31,39-35(43)44-33-26-16-24-15-25(18-26)19-27(33)17-24)34(42)38-29(11-5-8-14-32(40)41)20-23-9-3-2-4-10-23/h2-14,22,24-27,29,33,37H,15-21H2,1H3,(H,38,42)(H,39,43)(H,40,41)/t24?,25?,26?,27?,29-,33?,36-/m0/s1. The molecule has 0 radical (unpaired) electrons. The Kier molecular flexibility index (Phi) is 8.60. The molecule has 4 aliphatic carbocycles. The summed E-state index contributed by atoms with van der Waals surface area (Å²) < 4.78 is 6.17. The molecule has 2 atom stereocenters. The van der Waals surface area contributed by atoms with Crippen LogP contribution in [0.2, 0.25) is 0 Å². The van der Waals surface area contributed by atoms with Gasteiger partial charge < -0.3 is 25.5 Å². The molecule has 7 rings (SSSR count). The van der Waals surface area contributed by atoms with Crippen LogP contribution in [0.3, 0.4) is 0 Å². The van der Waals surface area contributed by atoms with Crippen molar-refractivity contribution >= 4 is 28.9 Å². The molecule has 0 aliphatic heterocycles. The number of nitrogens with one attached hydrogen (secondary N) is 3. The number of carbonyl (C=O) groups excluding carboxylic acids is 2. The van der Waals surface area contributed by atoms with Crippen LogP contribution in [-0.4, -0.2) is 45.7 Å². The molecule has 3 aromatic rings. The minimum Gasteiger partial charge on any atom is -0.478 e. The van der Waals surface area contributed by atoms with Crippen molar-refractivity contribution in [1.29, 1.82) is 0 Å². The van der Waals surface area contributed by atoms with E-state index in [-0.39, 0.29) is 18.4 Å². The van der Waals surface area contributed by atoms with Crippen molar-refractivity contribution in [1.82, 2.24) is 15.6 Å². The van der Waals surface area contributed by atoms with Gasteiger partial charge in [0.1, 0.15) is 11.6 Å². The molecule has 1 heterocycles. The lowest BCUT2D eigenvalue weighted by molar-refractivity contribution is -0.131. The fraction of sp³-hybridized carbons (Fsp3) is 0.417. The number of para-hydroxylation sites is 1. The van der Waals surface area contributed by atoms with E-state index in [0.29, 0.717) is 18.3 Å². The molecular weight excluding hydrogens is 554 g/mol. The van der Waals surface area contributed by atoms with Crippen LogP contribution >= 0.6 is 0 Å². The zero-order valence-corrected chi connectivity index (χ0v) is 25.1. The molecule has 4 N–H and O–H groups in total. The number of carboxylic acid groups (broad SMARTS) is 1. The normalized spacial score (nSPS) is 26.1. The highest BCUT2D eigenvalue weighted by Crippen LogP contribution is 2.54. The number of ether oxygens (including phenoxy) is 1. The Labute approximate surface area is 258 Å². The molecule has 4 saturated carbocycles. The van der Waals surface area contributed by atoms with Gasteiger partial charge in [0.25, 0.3) is 0 Å². The molecular formula is C36H41N3O5. The number of rotatable bonds is 11. The Hall–Kier alpha value is -4.33.